The molecule has 2 N–H and O–H groups in total. The molecule has 0 aromatic heterocycles. The van der Waals surface area contributed by atoms with Crippen molar-refractivity contribution >= 4 is 6.09 Å². The molecule has 1 amide bonds. The standard InChI is InChI=1S/C22H27NO3/c24-15-9-3-1-2-8-14-23-22(25)26-16-21-19-12-6-4-10-17(19)18-11-5-7-13-20(18)21/h4-7,10-13,21,24H,1-3,8-9,14-16H2,(H,23,25). The van der Waals surface area contributed by atoms with Crippen LogP contribution in [0.5, 0.6) is 0 Å². The van der Waals surface area contributed by atoms with Gasteiger partial charge in [-0.25, -0.2) is 4.79 Å². The summed E-state index contributed by atoms with van der Waals surface area (Å²) in [5, 5.41) is 11.6. The van der Waals surface area contributed by atoms with Crippen LogP contribution in [0, 0.1) is 0 Å². The van der Waals surface area contributed by atoms with Gasteiger partial charge < -0.3 is 15.2 Å². The van der Waals surface area contributed by atoms with E-state index in [2.05, 4.69) is 29.6 Å². The smallest absolute Gasteiger partial charge is 0.407 e. The van der Waals surface area contributed by atoms with E-state index in [0.717, 1.165) is 32.1 Å². The van der Waals surface area contributed by atoms with Crippen LogP contribution >= 0.6 is 0 Å². The first-order valence-corrected chi connectivity index (χ1v) is 9.51. The first-order valence-electron chi connectivity index (χ1n) is 9.51. The van der Waals surface area contributed by atoms with E-state index in [-0.39, 0.29) is 18.6 Å². The van der Waals surface area contributed by atoms with Crippen molar-refractivity contribution in [1.82, 2.24) is 5.32 Å². The minimum atomic E-state index is -0.345. The molecule has 0 heterocycles. The average molecular weight is 353 g/mol. The highest BCUT2D eigenvalue weighted by Gasteiger charge is 2.28. The number of amides is 1. The van der Waals surface area contributed by atoms with Gasteiger partial charge in [0.1, 0.15) is 6.61 Å². The fraction of sp³-hybridized carbons (Fsp3) is 0.409. The van der Waals surface area contributed by atoms with Crippen LogP contribution in [0.3, 0.4) is 0 Å². The van der Waals surface area contributed by atoms with Crippen LogP contribution in [0.1, 0.15) is 49.1 Å². The summed E-state index contributed by atoms with van der Waals surface area (Å²) in [4.78, 5) is 12.0. The number of alkyl carbamates (subject to hydrolysis) is 1. The quantitative estimate of drug-likeness (QED) is 0.654. The van der Waals surface area contributed by atoms with Crippen molar-refractivity contribution in [1.29, 1.82) is 0 Å². The molecule has 1 aliphatic rings. The summed E-state index contributed by atoms with van der Waals surface area (Å²) < 4.78 is 5.50. The maximum absolute atomic E-state index is 12.0. The van der Waals surface area contributed by atoms with Crippen LogP contribution in [-0.2, 0) is 4.74 Å². The Morgan fingerprint density at radius 2 is 1.46 bits per heavy atom. The van der Waals surface area contributed by atoms with Gasteiger partial charge in [-0.1, -0.05) is 67.8 Å². The van der Waals surface area contributed by atoms with E-state index in [0.29, 0.717) is 13.2 Å². The van der Waals surface area contributed by atoms with E-state index in [1.54, 1.807) is 0 Å². The minimum absolute atomic E-state index is 0.103. The van der Waals surface area contributed by atoms with E-state index in [1.165, 1.54) is 22.3 Å². The van der Waals surface area contributed by atoms with E-state index >= 15 is 0 Å². The van der Waals surface area contributed by atoms with Crippen molar-refractivity contribution in [3.63, 3.8) is 0 Å². The Bertz CT molecular complexity index is 683. The van der Waals surface area contributed by atoms with Crippen molar-refractivity contribution in [2.24, 2.45) is 0 Å². The van der Waals surface area contributed by atoms with Gasteiger partial charge in [-0.05, 0) is 35.1 Å². The molecular formula is C22H27NO3. The zero-order chi connectivity index (χ0) is 18.2. The summed E-state index contributed by atoms with van der Waals surface area (Å²) in [6.07, 6.45) is 4.65. The summed E-state index contributed by atoms with van der Waals surface area (Å²) in [5.74, 6) is 0.103. The third-order valence-electron chi connectivity index (χ3n) is 4.95. The summed E-state index contributed by atoms with van der Waals surface area (Å²) >= 11 is 0. The summed E-state index contributed by atoms with van der Waals surface area (Å²) in [6, 6.07) is 16.7. The second-order valence-electron chi connectivity index (χ2n) is 6.74. The number of fused-ring (bicyclic) bond motifs is 3. The number of hydrogen-bond acceptors (Lipinski definition) is 3. The molecule has 1 aliphatic carbocycles. The fourth-order valence-corrected chi connectivity index (χ4v) is 3.61. The van der Waals surface area contributed by atoms with Gasteiger partial charge in [0.25, 0.3) is 0 Å². The molecule has 4 nitrogen and oxygen atoms in total. The molecule has 2 aromatic carbocycles. The molecule has 0 unspecified atom stereocenters. The van der Waals surface area contributed by atoms with Crippen LogP contribution < -0.4 is 5.32 Å². The van der Waals surface area contributed by atoms with Gasteiger partial charge in [-0.3, -0.25) is 0 Å². The van der Waals surface area contributed by atoms with Gasteiger partial charge in [0, 0.05) is 19.1 Å². The lowest BCUT2D eigenvalue weighted by atomic mass is 9.98. The highest BCUT2D eigenvalue weighted by Crippen LogP contribution is 2.44. The van der Waals surface area contributed by atoms with Crippen molar-refractivity contribution in [2.45, 2.75) is 38.0 Å². The average Bonchev–Trinajstić information content (AvgIpc) is 3.00. The van der Waals surface area contributed by atoms with E-state index in [4.69, 9.17) is 9.84 Å². The van der Waals surface area contributed by atoms with E-state index in [9.17, 15) is 4.79 Å². The Labute approximate surface area is 155 Å². The number of rotatable bonds is 9. The molecule has 138 valence electrons. The molecule has 4 heteroatoms. The lowest BCUT2D eigenvalue weighted by molar-refractivity contribution is 0.143. The van der Waals surface area contributed by atoms with Gasteiger partial charge >= 0.3 is 6.09 Å². The maximum Gasteiger partial charge on any atom is 0.407 e. The van der Waals surface area contributed by atoms with Crippen LogP contribution in [0.25, 0.3) is 11.1 Å². The Kier molecular flexibility index (Phi) is 6.67. The number of carbonyl (C=O) groups is 1. The predicted molar refractivity (Wildman–Crippen MR) is 103 cm³/mol. The number of hydrogen-bond donors (Lipinski definition) is 2. The van der Waals surface area contributed by atoms with Crippen LogP contribution in [0.2, 0.25) is 0 Å². The molecule has 0 radical (unpaired) electrons. The van der Waals surface area contributed by atoms with Crippen LogP contribution in [0.4, 0.5) is 4.79 Å². The Morgan fingerprint density at radius 3 is 2.12 bits per heavy atom. The highest BCUT2D eigenvalue weighted by molar-refractivity contribution is 5.79. The SMILES string of the molecule is O=C(NCCCCCCCO)OCC1c2ccccc2-c2ccccc21. The first-order chi connectivity index (χ1) is 12.8. The molecule has 0 saturated carbocycles. The van der Waals surface area contributed by atoms with Gasteiger partial charge in [0.05, 0.1) is 0 Å². The zero-order valence-corrected chi connectivity index (χ0v) is 15.1. The molecule has 0 aliphatic heterocycles. The Morgan fingerprint density at radius 1 is 0.885 bits per heavy atom. The number of aliphatic hydroxyl groups excluding tert-OH is 1. The van der Waals surface area contributed by atoms with Crippen molar-refractivity contribution in [3.05, 3.63) is 59.7 Å². The Balaban J connectivity index is 1.47. The molecule has 0 atom stereocenters. The minimum Gasteiger partial charge on any atom is -0.449 e. The van der Waals surface area contributed by atoms with E-state index < -0.39 is 0 Å². The van der Waals surface area contributed by atoms with Gasteiger partial charge in [0.15, 0.2) is 0 Å². The third kappa shape index (κ3) is 4.44. The summed E-state index contributed by atoms with van der Waals surface area (Å²) in [5.41, 5.74) is 4.93. The largest absolute Gasteiger partial charge is 0.449 e. The summed E-state index contributed by atoms with van der Waals surface area (Å²) in [7, 11) is 0. The third-order valence-corrected chi connectivity index (χ3v) is 4.95. The zero-order valence-electron chi connectivity index (χ0n) is 15.1. The van der Waals surface area contributed by atoms with Crippen molar-refractivity contribution < 1.29 is 14.6 Å². The summed E-state index contributed by atoms with van der Waals surface area (Å²) in [6.45, 7) is 1.25. The molecule has 2 aromatic rings. The van der Waals surface area contributed by atoms with E-state index in [1.807, 2.05) is 24.3 Å². The Hall–Kier alpha value is -2.33. The number of carbonyl (C=O) groups excluding carboxylic acids is 1. The number of nitrogens with one attached hydrogen (secondary N) is 1. The molecule has 0 fully saturated rings. The topological polar surface area (TPSA) is 58.6 Å². The van der Waals surface area contributed by atoms with Gasteiger partial charge in [0.2, 0.25) is 0 Å². The number of unbranched alkanes of at least 4 members (excludes halogenated alkanes) is 4. The maximum atomic E-state index is 12.0. The lowest BCUT2D eigenvalue weighted by Gasteiger charge is -2.14. The number of aliphatic hydroxyl groups is 1. The second-order valence-corrected chi connectivity index (χ2v) is 6.74. The molecule has 0 bridgehead atoms. The van der Waals surface area contributed by atoms with Gasteiger partial charge in [-0.2, -0.15) is 0 Å². The van der Waals surface area contributed by atoms with Crippen molar-refractivity contribution in [2.75, 3.05) is 19.8 Å². The molecule has 0 saturated heterocycles. The van der Waals surface area contributed by atoms with Crippen LogP contribution in [-0.4, -0.2) is 31.0 Å². The lowest BCUT2D eigenvalue weighted by Crippen LogP contribution is -2.27. The number of ether oxygens (including phenoxy) is 1. The van der Waals surface area contributed by atoms with Crippen molar-refractivity contribution in [3.8, 4) is 11.1 Å². The molecular weight excluding hydrogens is 326 g/mol. The monoisotopic (exact) mass is 353 g/mol. The normalized spacial score (nSPS) is 12.5. The first kappa shape index (κ1) is 18.5. The fourth-order valence-electron chi connectivity index (χ4n) is 3.61. The predicted octanol–water partition coefficient (Wildman–Crippen LogP) is 4.47. The molecule has 26 heavy (non-hydrogen) atoms. The van der Waals surface area contributed by atoms with Gasteiger partial charge in [-0.15, -0.1) is 0 Å². The number of benzene rings is 2. The molecule has 3 rings (SSSR count). The molecule has 0 spiro atoms. The highest BCUT2D eigenvalue weighted by atomic mass is 16.5. The second kappa shape index (κ2) is 9.39. The van der Waals surface area contributed by atoms with Crippen LogP contribution in [0.15, 0.2) is 48.5 Å².